The van der Waals surface area contributed by atoms with E-state index in [0.29, 0.717) is 34.1 Å². The SMILES string of the molecule is COc1ccccc1/C(C#N)=C\c1ccc(OC(=O)c2c(OC)cccc2OC)cc1. The first-order valence-corrected chi connectivity index (χ1v) is 9.39. The van der Waals surface area contributed by atoms with E-state index in [1.807, 2.05) is 18.2 Å². The lowest BCUT2D eigenvalue weighted by molar-refractivity contribution is 0.0727. The molecule has 3 aromatic carbocycles. The van der Waals surface area contributed by atoms with Crippen molar-refractivity contribution in [1.82, 2.24) is 0 Å². The maximum atomic E-state index is 12.7. The Balaban J connectivity index is 1.83. The van der Waals surface area contributed by atoms with Crippen LogP contribution in [0.2, 0.25) is 0 Å². The summed E-state index contributed by atoms with van der Waals surface area (Å²) in [5, 5.41) is 9.59. The Morgan fingerprint density at radius 2 is 1.39 bits per heavy atom. The molecule has 3 aromatic rings. The van der Waals surface area contributed by atoms with Gasteiger partial charge in [-0.2, -0.15) is 5.26 Å². The Morgan fingerprint density at radius 3 is 1.97 bits per heavy atom. The van der Waals surface area contributed by atoms with Gasteiger partial charge < -0.3 is 18.9 Å². The number of methoxy groups -OCH3 is 3. The van der Waals surface area contributed by atoms with Gasteiger partial charge in [-0.3, -0.25) is 0 Å². The number of esters is 1. The minimum absolute atomic E-state index is 0.208. The Kier molecular flexibility index (Phi) is 6.92. The van der Waals surface area contributed by atoms with E-state index in [2.05, 4.69) is 6.07 Å². The maximum Gasteiger partial charge on any atom is 0.351 e. The number of carbonyl (C=O) groups excluding carboxylic acids is 1. The molecule has 0 aliphatic heterocycles. The second kappa shape index (κ2) is 9.99. The Hall–Kier alpha value is -4.24. The highest BCUT2D eigenvalue weighted by atomic mass is 16.5. The number of nitriles is 1. The molecule has 0 N–H and O–H groups in total. The summed E-state index contributed by atoms with van der Waals surface area (Å²) >= 11 is 0. The predicted molar refractivity (Wildman–Crippen MR) is 117 cm³/mol. The van der Waals surface area contributed by atoms with Crippen LogP contribution in [-0.4, -0.2) is 27.3 Å². The number of para-hydroxylation sites is 1. The fourth-order valence-electron chi connectivity index (χ4n) is 3.05. The van der Waals surface area contributed by atoms with Crippen molar-refractivity contribution in [1.29, 1.82) is 5.26 Å². The summed E-state index contributed by atoms with van der Waals surface area (Å²) in [7, 11) is 4.51. The van der Waals surface area contributed by atoms with Gasteiger partial charge in [-0.15, -0.1) is 0 Å². The number of carbonyl (C=O) groups is 1. The summed E-state index contributed by atoms with van der Waals surface area (Å²) in [5.74, 6) is 1.10. The van der Waals surface area contributed by atoms with Crippen molar-refractivity contribution in [2.24, 2.45) is 0 Å². The molecule has 0 amide bonds. The molecular weight excluding hydrogens is 394 g/mol. The van der Waals surface area contributed by atoms with Gasteiger partial charge in [0, 0.05) is 5.56 Å². The fraction of sp³-hybridized carbons (Fsp3) is 0.120. The molecule has 0 aliphatic carbocycles. The van der Waals surface area contributed by atoms with Crippen LogP contribution in [0.25, 0.3) is 11.6 Å². The van der Waals surface area contributed by atoms with Gasteiger partial charge in [-0.05, 0) is 48.0 Å². The third kappa shape index (κ3) is 4.85. The molecule has 0 aliphatic rings. The lowest BCUT2D eigenvalue weighted by atomic mass is 10.0. The smallest absolute Gasteiger partial charge is 0.351 e. The molecular formula is C25H21NO5. The van der Waals surface area contributed by atoms with E-state index in [4.69, 9.17) is 18.9 Å². The molecule has 156 valence electrons. The molecule has 0 spiro atoms. The van der Waals surface area contributed by atoms with Gasteiger partial charge in [0.15, 0.2) is 0 Å². The molecule has 0 saturated heterocycles. The molecule has 0 radical (unpaired) electrons. The average molecular weight is 415 g/mol. The zero-order valence-corrected chi connectivity index (χ0v) is 17.4. The molecule has 0 bridgehead atoms. The summed E-state index contributed by atoms with van der Waals surface area (Å²) in [4.78, 5) is 12.7. The zero-order chi connectivity index (χ0) is 22.2. The molecule has 0 saturated carbocycles. The maximum absolute atomic E-state index is 12.7. The van der Waals surface area contributed by atoms with Gasteiger partial charge in [0.1, 0.15) is 28.6 Å². The van der Waals surface area contributed by atoms with E-state index in [0.717, 1.165) is 5.56 Å². The summed E-state index contributed by atoms with van der Waals surface area (Å²) in [6, 6.07) is 21.4. The molecule has 6 nitrogen and oxygen atoms in total. The second-order valence-electron chi connectivity index (χ2n) is 6.37. The van der Waals surface area contributed by atoms with E-state index in [1.165, 1.54) is 14.2 Å². The molecule has 0 aromatic heterocycles. The Bertz CT molecular complexity index is 1120. The largest absolute Gasteiger partial charge is 0.496 e. The number of nitrogens with zero attached hydrogens (tertiary/aromatic N) is 1. The molecule has 0 fully saturated rings. The first kappa shape index (κ1) is 21.5. The monoisotopic (exact) mass is 415 g/mol. The van der Waals surface area contributed by atoms with Crippen molar-refractivity contribution in [2.75, 3.05) is 21.3 Å². The van der Waals surface area contributed by atoms with Crippen LogP contribution in [0.4, 0.5) is 0 Å². The summed E-state index contributed by atoms with van der Waals surface area (Å²) in [6.45, 7) is 0. The first-order valence-electron chi connectivity index (χ1n) is 9.39. The van der Waals surface area contributed by atoms with Gasteiger partial charge in [-0.25, -0.2) is 4.79 Å². The van der Waals surface area contributed by atoms with Crippen molar-refractivity contribution < 1.29 is 23.7 Å². The Morgan fingerprint density at radius 1 is 0.806 bits per heavy atom. The lowest BCUT2D eigenvalue weighted by Crippen LogP contribution is -2.11. The van der Waals surface area contributed by atoms with E-state index < -0.39 is 5.97 Å². The fourth-order valence-corrected chi connectivity index (χ4v) is 3.05. The Labute approximate surface area is 180 Å². The summed E-state index contributed by atoms with van der Waals surface area (Å²) in [6.07, 6.45) is 1.74. The molecule has 0 unspecified atom stereocenters. The molecule has 0 heterocycles. The van der Waals surface area contributed by atoms with Crippen LogP contribution in [0, 0.1) is 11.3 Å². The van der Waals surface area contributed by atoms with Crippen molar-refractivity contribution in [2.45, 2.75) is 0 Å². The number of rotatable bonds is 7. The van der Waals surface area contributed by atoms with Gasteiger partial charge in [-0.1, -0.05) is 30.3 Å². The van der Waals surface area contributed by atoms with E-state index in [1.54, 1.807) is 61.7 Å². The normalized spacial score (nSPS) is 10.7. The van der Waals surface area contributed by atoms with Crippen LogP contribution >= 0.6 is 0 Å². The summed E-state index contributed by atoms with van der Waals surface area (Å²) < 4.78 is 21.3. The number of ether oxygens (including phenoxy) is 4. The van der Waals surface area contributed by atoms with Gasteiger partial charge in [0.25, 0.3) is 0 Å². The van der Waals surface area contributed by atoms with Crippen molar-refractivity contribution >= 4 is 17.6 Å². The number of allylic oxidation sites excluding steroid dienone is 1. The molecule has 0 atom stereocenters. The number of hydrogen-bond acceptors (Lipinski definition) is 6. The van der Waals surface area contributed by atoms with Crippen molar-refractivity contribution in [3.05, 3.63) is 83.4 Å². The second-order valence-corrected chi connectivity index (χ2v) is 6.37. The summed E-state index contributed by atoms with van der Waals surface area (Å²) in [5.41, 5.74) is 2.14. The van der Waals surface area contributed by atoms with Crippen LogP contribution < -0.4 is 18.9 Å². The third-order valence-electron chi connectivity index (χ3n) is 4.55. The zero-order valence-electron chi connectivity index (χ0n) is 17.4. The average Bonchev–Trinajstić information content (AvgIpc) is 2.82. The van der Waals surface area contributed by atoms with E-state index >= 15 is 0 Å². The molecule has 3 rings (SSSR count). The van der Waals surface area contributed by atoms with Gasteiger partial charge >= 0.3 is 5.97 Å². The number of hydrogen-bond donors (Lipinski definition) is 0. The van der Waals surface area contributed by atoms with E-state index in [-0.39, 0.29) is 5.56 Å². The number of benzene rings is 3. The van der Waals surface area contributed by atoms with Crippen LogP contribution in [0.15, 0.2) is 66.7 Å². The van der Waals surface area contributed by atoms with Crippen molar-refractivity contribution in [3.63, 3.8) is 0 Å². The molecule has 6 heteroatoms. The van der Waals surface area contributed by atoms with Gasteiger partial charge in [0.05, 0.1) is 33.0 Å². The minimum atomic E-state index is -0.593. The standard InChI is InChI=1S/C25H21NO5/c1-28-21-8-5-4-7-20(21)18(16-26)15-17-11-13-19(14-12-17)31-25(27)24-22(29-2)9-6-10-23(24)30-3/h4-15H,1-3H3/b18-15-. The minimum Gasteiger partial charge on any atom is -0.496 e. The highest BCUT2D eigenvalue weighted by Gasteiger charge is 2.20. The van der Waals surface area contributed by atoms with Crippen LogP contribution in [0.3, 0.4) is 0 Å². The van der Waals surface area contributed by atoms with Crippen molar-refractivity contribution in [3.8, 4) is 29.1 Å². The van der Waals surface area contributed by atoms with Crippen LogP contribution in [-0.2, 0) is 0 Å². The quantitative estimate of drug-likeness (QED) is 0.234. The highest BCUT2D eigenvalue weighted by Crippen LogP contribution is 2.30. The topological polar surface area (TPSA) is 77.8 Å². The van der Waals surface area contributed by atoms with Gasteiger partial charge in [0.2, 0.25) is 0 Å². The molecule has 31 heavy (non-hydrogen) atoms. The highest BCUT2D eigenvalue weighted by molar-refractivity contribution is 5.97. The van der Waals surface area contributed by atoms with Crippen LogP contribution in [0.5, 0.6) is 23.0 Å². The third-order valence-corrected chi connectivity index (χ3v) is 4.55. The van der Waals surface area contributed by atoms with E-state index in [9.17, 15) is 10.1 Å². The predicted octanol–water partition coefficient (Wildman–Crippen LogP) is 5.00. The lowest BCUT2D eigenvalue weighted by Gasteiger charge is -2.12. The van der Waals surface area contributed by atoms with Crippen LogP contribution in [0.1, 0.15) is 21.5 Å². The first-order chi connectivity index (χ1) is 15.1.